The molecule has 15 heavy (non-hydrogen) atoms. The molecule has 2 fully saturated rings. The molecule has 5 heteroatoms. The summed E-state index contributed by atoms with van der Waals surface area (Å²) in [6, 6.07) is 0.924. The summed E-state index contributed by atoms with van der Waals surface area (Å²) in [4.78, 5) is 13.5. The summed E-state index contributed by atoms with van der Waals surface area (Å²) in [7, 11) is 1.41. The predicted molar refractivity (Wildman–Crippen MR) is 56.8 cm³/mol. The van der Waals surface area contributed by atoms with Crippen molar-refractivity contribution >= 4 is 6.09 Å². The highest BCUT2D eigenvalue weighted by Crippen LogP contribution is 2.16. The van der Waals surface area contributed by atoms with Crippen LogP contribution >= 0.6 is 0 Å². The van der Waals surface area contributed by atoms with E-state index in [4.69, 9.17) is 0 Å². The minimum atomic E-state index is -0.314. The molecule has 0 radical (unpaired) electrons. The molecule has 0 aliphatic carbocycles. The van der Waals surface area contributed by atoms with Crippen molar-refractivity contribution in [2.24, 2.45) is 0 Å². The summed E-state index contributed by atoms with van der Waals surface area (Å²) in [5.74, 6) is 0. The number of ether oxygens (including phenoxy) is 1. The molecule has 2 aliphatic rings. The Labute approximate surface area is 90.1 Å². The van der Waals surface area contributed by atoms with Gasteiger partial charge in [-0.15, -0.1) is 0 Å². The fourth-order valence-corrected chi connectivity index (χ4v) is 2.41. The predicted octanol–water partition coefficient (Wildman–Crippen LogP) is -0.221. The van der Waals surface area contributed by atoms with E-state index in [2.05, 4.69) is 20.3 Å². The number of likely N-dealkylation sites (tertiary alicyclic amines) is 1. The van der Waals surface area contributed by atoms with Gasteiger partial charge in [0.25, 0.3) is 0 Å². The van der Waals surface area contributed by atoms with Gasteiger partial charge in [-0.1, -0.05) is 0 Å². The molecular weight excluding hydrogens is 194 g/mol. The molecular formula is C10H19N3O2. The SMILES string of the molecule is COC(=O)NC1CCN(C2CCNC2)C1. The van der Waals surface area contributed by atoms with E-state index in [1.807, 2.05) is 0 Å². The van der Waals surface area contributed by atoms with Gasteiger partial charge in [-0.25, -0.2) is 4.79 Å². The van der Waals surface area contributed by atoms with Gasteiger partial charge < -0.3 is 15.4 Å². The van der Waals surface area contributed by atoms with Crippen molar-refractivity contribution in [1.82, 2.24) is 15.5 Å². The highest BCUT2D eigenvalue weighted by Gasteiger charge is 2.30. The summed E-state index contributed by atoms with van der Waals surface area (Å²) >= 11 is 0. The minimum Gasteiger partial charge on any atom is -0.453 e. The number of amides is 1. The molecule has 2 heterocycles. The second-order valence-corrected chi connectivity index (χ2v) is 4.26. The van der Waals surface area contributed by atoms with Crippen LogP contribution in [0.3, 0.4) is 0 Å². The quantitative estimate of drug-likeness (QED) is 0.666. The molecule has 0 spiro atoms. The number of nitrogens with zero attached hydrogens (tertiary/aromatic N) is 1. The maximum Gasteiger partial charge on any atom is 0.407 e. The Kier molecular flexibility index (Phi) is 3.43. The largest absolute Gasteiger partial charge is 0.453 e. The Morgan fingerprint density at radius 1 is 1.53 bits per heavy atom. The van der Waals surface area contributed by atoms with Gasteiger partial charge in [-0.3, -0.25) is 4.90 Å². The fourth-order valence-electron chi connectivity index (χ4n) is 2.41. The van der Waals surface area contributed by atoms with E-state index in [0.717, 1.165) is 32.6 Å². The summed E-state index contributed by atoms with van der Waals surface area (Å²) in [6.45, 7) is 4.25. The number of nitrogens with one attached hydrogen (secondary N) is 2. The van der Waals surface area contributed by atoms with Crippen LogP contribution in [0.2, 0.25) is 0 Å². The number of hydrogen-bond donors (Lipinski definition) is 2. The van der Waals surface area contributed by atoms with Gasteiger partial charge in [0, 0.05) is 31.7 Å². The molecule has 0 saturated carbocycles. The minimum absolute atomic E-state index is 0.262. The van der Waals surface area contributed by atoms with Crippen molar-refractivity contribution in [3.05, 3.63) is 0 Å². The Balaban J connectivity index is 1.76. The second kappa shape index (κ2) is 4.81. The Morgan fingerprint density at radius 3 is 3.07 bits per heavy atom. The fraction of sp³-hybridized carbons (Fsp3) is 0.900. The maximum absolute atomic E-state index is 11.0. The van der Waals surface area contributed by atoms with Gasteiger partial charge >= 0.3 is 6.09 Å². The molecule has 2 rings (SSSR count). The van der Waals surface area contributed by atoms with E-state index in [9.17, 15) is 4.79 Å². The number of methoxy groups -OCH3 is 1. The molecule has 86 valence electrons. The third-order valence-electron chi connectivity index (χ3n) is 3.28. The first kappa shape index (κ1) is 10.7. The average molecular weight is 213 g/mol. The van der Waals surface area contributed by atoms with Crippen LogP contribution < -0.4 is 10.6 Å². The van der Waals surface area contributed by atoms with Gasteiger partial charge in [0.05, 0.1) is 7.11 Å². The monoisotopic (exact) mass is 213 g/mol. The number of rotatable bonds is 2. The third-order valence-corrected chi connectivity index (χ3v) is 3.28. The summed E-state index contributed by atoms with van der Waals surface area (Å²) in [5.41, 5.74) is 0. The third kappa shape index (κ3) is 2.60. The van der Waals surface area contributed by atoms with Crippen LogP contribution in [0.5, 0.6) is 0 Å². The van der Waals surface area contributed by atoms with Crippen LogP contribution in [0.15, 0.2) is 0 Å². The molecule has 2 aliphatic heterocycles. The molecule has 0 aromatic heterocycles. The molecule has 2 saturated heterocycles. The Bertz CT molecular complexity index is 229. The van der Waals surface area contributed by atoms with Gasteiger partial charge in [-0.2, -0.15) is 0 Å². The lowest BCUT2D eigenvalue weighted by atomic mass is 10.2. The maximum atomic E-state index is 11.0. The van der Waals surface area contributed by atoms with Gasteiger partial charge in [-0.05, 0) is 19.4 Å². The average Bonchev–Trinajstić information content (AvgIpc) is 2.85. The summed E-state index contributed by atoms with van der Waals surface area (Å²) in [5, 5.41) is 6.22. The van der Waals surface area contributed by atoms with Crippen molar-refractivity contribution in [3.8, 4) is 0 Å². The first-order valence-electron chi connectivity index (χ1n) is 5.59. The molecule has 0 aromatic rings. The highest BCUT2D eigenvalue weighted by atomic mass is 16.5. The van der Waals surface area contributed by atoms with Crippen molar-refractivity contribution < 1.29 is 9.53 Å². The van der Waals surface area contributed by atoms with E-state index >= 15 is 0 Å². The van der Waals surface area contributed by atoms with E-state index in [1.165, 1.54) is 13.5 Å². The first-order chi connectivity index (χ1) is 7.29. The van der Waals surface area contributed by atoms with Gasteiger partial charge in [0.15, 0.2) is 0 Å². The first-order valence-corrected chi connectivity index (χ1v) is 5.59. The molecule has 2 unspecified atom stereocenters. The molecule has 2 N–H and O–H groups in total. The smallest absolute Gasteiger partial charge is 0.407 e. The molecule has 2 atom stereocenters. The van der Waals surface area contributed by atoms with Crippen molar-refractivity contribution in [1.29, 1.82) is 0 Å². The van der Waals surface area contributed by atoms with Crippen LogP contribution in [0.25, 0.3) is 0 Å². The second-order valence-electron chi connectivity index (χ2n) is 4.26. The van der Waals surface area contributed by atoms with Crippen LogP contribution in [0, 0.1) is 0 Å². The zero-order valence-corrected chi connectivity index (χ0v) is 9.16. The summed E-state index contributed by atoms with van der Waals surface area (Å²) in [6.07, 6.45) is 1.95. The zero-order valence-electron chi connectivity index (χ0n) is 9.16. The van der Waals surface area contributed by atoms with Gasteiger partial charge in [0.2, 0.25) is 0 Å². The van der Waals surface area contributed by atoms with Crippen LogP contribution in [0.4, 0.5) is 4.79 Å². The lowest BCUT2D eigenvalue weighted by Crippen LogP contribution is -2.40. The van der Waals surface area contributed by atoms with E-state index in [1.54, 1.807) is 0 Å². The van der Waals surface area contributed by atoms with E-state index in [0.29, 0.717) is 6.04 Å². The standard InChI is InChI=1S/C10H19N3O2/c1-15-10(14)12-8-3-5-13(7-8)9-2-4-11-6-9/h8-9,11H,2-7H2,1H3,(H,12,14). The van der Waals surface area contributed by atoms with Crippen molar-refractivity contribution in [3.63, 3.8) is 0 Å². The number of carbonyl (C=O) groups excluding carboxylic acids is 1. The Hall–Kier alpha value is -0.810. The number of alkyl carbamates (subject to hydrolysis) is 1. The van der Waals surface area contributed by atoms with Crippen LogP contribution in [-0.4, -0.2) is 56.4 Å². The molecule has 0 aromatic carbocycles. The summed E-state index contributed by atoms with van der Waals surface area (Å²) < 4.78 is 4.59. The lowest BCUT2D eigenvalue weighted by Gasteiger charge is -2.22. The van der Waals surface area contributed by atoms with Gasteiger partial charge in [0.1, 0.15) is 0 Å². The van der Waals surface area contributed by atoms with Crippen molar-refractivity contribution in [2.75, 3.05) is 33.3 Å². The molecule has 5 nitrogen and oxygen atoms in total. The van der Waals surface area contributed by atoms with Crippen molar-refractivity contribution in [2.45, 2.75) is 24.9 Å². The molecule has 1 amide bonds. The number of carbonyl (C=O) groups is 1. The normalized spacial score (nSPS) is 31.8. The molecule has 0 bridgehead atoms. The number of hydrogen-bond acceptors (Lipinski definition) is 4. The lowest BCUT2D eigenvalue weighted by molar-refractivity contribution is 0.165. The van der Waals surface area contributed by atoms with E-state index in [-0.39, 0.29) is 12.1 Å². The van der Waals surface area contributed by atoms with Crippen LogP contribution in [-0.2, 0) is 4.74 Å². The van der Waals surface area contributed by atoms with E-state index < -0.39 is 0 Å². The topological polar surface area (TPSA) is 53.6 Å². The highest BCUT2D eigenvalue weighted by molar-refractivity contribution is 5.67. The zero-order chi connectivity index (χ0) is 10.7. The van der Waals surface area contributed by atoms with Crippen LogP contribution in [0.1, 0.15) is 12.8 Å². The Morgan fingerprint density at radius 2 is 2.40 bits per heavy atom.